The number of alkyl halides is 2. The van der Waals surface area contributed by atoms with Crippen LogP contribution in [0.5, 0.6) is 5.75 Å². The van der Waals surface area contributed by atoms with Gasteiger partial charge in [0.25, 0.3) is 0 Å². The van der Waals surface area contributed by atoms with Crippen molar-refractivity contribution in [3.05, 3.63) is 76.0 Å². The molecule has 0 fully saturated rings. The lowest BCUT2D eigenvalue weighted by Crippen LogP contribution is -2.20. The summed E-state index contributed by atoms with van der Waals surface area (Å²) in [6, 6.07) is 6.50. The van der Waals surface area contributed by atoms with E-state index >= 15 is 0 Å². The van der Waals surface area contributed by atoms with Crippen LogP contribution < -0.4 is 4.74 Å². The zero-order valence-corrected chi connectivity index (χ0v) is 13.0. The Bertz CT molecular complexity index is 885. The van der Waals surface area contributed by atoms with Crippen LogP contribution in [0.4, 0.5) is 26.3 Å². The SMILES string of the molecule is Fc1cc(OC(F)(F)c2cccs2)ccc1-c1cc(F)c(F)c(F)c1. The molecule has 0 atom stereocenters. The van der Waals surface area contributed by atoms with E-state index in [0.717, 1.165) is 23.5 Å². The molecular formula is C17H8F6OS. The zero-order valence-electron chi connectivity index (χ0n) is 12.2. The third kappa shape index (κ3) is 3.48. The van der Waals surface area contributed by atoms with E-state index in [1.54, 1.807) is 0 Å². The second-order valence-electron chi connectivity index (χ2n) is 4.99. The zero-order chi connectivity index (χ0) is 18.2. The molecule has 8 heteroatoms. The smallest absolute Gasteiger partial charge is 0.428 e. The summed E-state index contributed by atoms with van der Waals surface area (Å²) in [7, 11) is 0. The van der Waals surface area contributed by atoms with Gasteiger partial charge in [0.15, 0.2) is 17.5 Å². The van der Waals surface area contributed by atoms with Crippen molar-refractivity contribution in [2.75, 3.05) is 0 Å². The lowest BCUT2D eigenvalue weighted by Gasteiger charge is -2.17. The summed E-state index contributed by atoms with van der Waals surface area (Å²) in [5.74, 6) is -6.18. The molecule has 25 heavy (non-hydrogen) atoms. The van der Waals surface area contributed by atoms with Crippen molar-refractivity contribution >= 4 is 11.3 Å². The highest BCUT2D eigenvalue weighted by Gasteiger charge is 2.35. The number of ether oxygens (including phenoxy) is 1. The van der Waals surface area contributed by atoms with Gasteiger partial charge >= 0.3 is 6.11 Å². The van der Waals surface area contributed by atoms with Crippen molar-refractivity contribution in [3.8, 4) is 16.9 Å². The topological polar surface area (TPSA) is 9.23 Å². The predicted octanol–water partition coefficient (Wildman–Crippen LogP) is 6.10. The van der Waals surface area contributed by atoms with Crippen molar-refractivity contribution in [2.24, 2.45) is 0 Å². The fraction of sp³-hybridized carbons (Fsp3) is 0.0588. The standard InChI is InChI=1S/C17H8F6OS/c18-12-8-10(24-17(22,23)15-2-1-5-25-15)3-4-11(12)9-6-13(19)16(21)14(20)7-9/h1-8H. The normalized spacial score (nSPS) is 11.6. The Morgan fingerprint density at radius 1 is 0.840 bits per heavy atom. The van der Waals surface area contributed by atoms with Gasteiger partial charge in [0, 0.05) is 11.6 Å². The average molecular weight is 374 g/mol. The van der Waals surface area contributed by atoms with Crippen LogP contribution in [0.3, 0.4) is 0 Å². The molecule has 0 saturated carbocycles. The number of rotatable bonds is 4. The van der Waals surface area contributed by atoms with Gasteiger partial charge in [-0.15, -0.1) is 11.3 Å². The van der Waals surface area contributed by atoms with E-state index in [0.29, 0.717) is 18.2 Å². The molecule has 0 amide bonds. The molecule has 2 aromatic carbocycles. The molecular weight excluding hydrogens is 366 g/mol. The van der Waals surface area contributed by atoms with Crippen molar-refractivity contribution in [1.29, 1.82) is 0 Å². The second-order valence-corrected chi connectivity index (χ2v) is 5.94. The first-order valence-electron chi connectivity index (χ1n) is 6.83. The summed E-state index contributed by atoms with van der Waals surface area (Å²) < 4.78 is 86.0. The number of halogens is 6. The molecule has 0 unspecified atom stereocenters. The highest BCUT2D eigenvalue weighted by molar-refractivity contribution is 7.10. The molecule has 0 aliphatic heterocycles. The van der Waals surface area contributed by atoms with Gasteiger partial charge in [-0.2, -0.15) is 8.78 Å². The van der Waals surface area contributed by atoms with Gasteiger partial charge in [0.1, 0.15) is 16.4 Å². The minimum absolute atomic E-state index is 0.273. The monoisotopic (exact) mass is 374 g/mol. The summed E-state index contributed by atoms with van der Waals surface area (Å²) in [5.41, 5.74) is -0.560. The molecule has 130 valence electrons. The van der Waals surface area contributed by atoms with Crippen LogP contribution in [0.15, 0.2) is 47.8 Å². The summed E-state index contributed by atoms with van der Waals surface area (Å²) >= 11 is 0.770. The maximum Gasteiger partial charge on any atom is 0.436 e. The van der Waals surface area contributed by atoms with Crippen LogP contribution in [0.25, 0.3) is 11.1 Å². The van der Waals surface area contributed by atoms with E-state index < -0.39 is 35.1 Å². The number of benzene rings is 2. The lowest BCUT2D eigenvalue weighted by molar-refractivity contribution is -0.182. The van der Waals surface area contributed by atoms with Crippen LogP contribution >= 0.6 is 11.3 Å². The maximum atomic E-state index is 14.2. The van der Waals surface area contributed by atoms with Crippen LogP contribution in [0.2, 0.25) is 0 Å². The third-order valence-electron chi connectivity index (χ3n) is 3.29. The third-order valence-corrected chi connectivity index (χ3v) is 4.21. The molecule has 0 N–H and O–H groups in total. The van der Waals surface area contributed by atoms with Crippen molar-refractivity contribution < 1.29 is 31.1 Å². The summed E-state index contributed by atoms with van der Waals surface area (Å²) in [4.78, 5) is -0.361. The first kappa shape index (κ1) is 17.3. The van der Waals surface area contributed by atoms with Gasteiger partial charge in [-0.05, 0) is 41.3 Å². The van der Waals surface area contributed by atoms with Crippen LogP contribution in [0.1, 0.15) is 4.88 Å². The first-order chi connectivity index (χ1) is 11.8. The van der Waals surface area contributed by atoms with Gasteiger partial charge in [0.05, 0.1) is 0 Å². The van der Waals surface area contributed by atoms with E-state index in [1.165, 1.54) is 17.5 Å². The Balaban J connectivity index is 1.91. The van der Waals surface area contributed by atoms with Crippen LogP contribution in [-0.4, -0.2) is 0 Å². The summed E-state index contributed by atoms with van der Waals surface area (Å²) in [5, 5.41) is 1.44. The molecule has 0 saturated heterocycles. The fourth-order valence-corrected chi connectivity index (χ4v) is 2.79. The molecule has 1 heterocycles. The van der Waals surface area contributed by atoms with Gasteiger partial charge in [0.2, 0.25) is 0 Å². The van der Waals surface area contributed by atoms with Crippen molar-refractivity contribution in [1.82, 2.24) is 0 Å². The molecule has 0 spiro atoms. The second kappa shape index (κ2) is 6.44. The van der Waals surface area contributed by atoms with E-state index in [2.05, 4.69) is 4.74 Å². The largest absolute Gasteiger partial charge is 0.436 e. The van der Waals surface area contributed by atoms with E-state index in [1.807, 2.05) is 0 Å². The van der Waals surface area contributed by atoms with Crippen molar-refractivity contribution in [2.45, 2.75) is 6.11 Å². The highest BCUT2D eigenvalue weighted by atomic mass is 32.1. The van der Waals surface area contributed by atoms with Crippen molar-refractivity contribution in [3.63, 3.8) is 0 Å². The minimum atomic E-state index is -3.66. The van der Waals surface area contributed by atoms with E-state index in [4.69, 9.17) is 0 Å². The lowest BCUT2D eigenvalue weighted by atomic mass is 10.0. The highest BCUT2D eigenvalue weighted by Crippen LogP contribution is 2.36. The number of thiophene rings is 1. The molecule has 1 nitrogen and oxygen atoms in total. The quantitative estimate of drug-likeness (QED) is 0.396. The summed E-state index contributed by atoms with van der Waals surface area (Å²) in [6.45, 7) is 0. The number of hydrogen-bond acceptors (Lipinski definition) is 2. The first-order valence-corrected chi connectivity index (χ1v) is 7.71. The Kier molecular flexibility index (Phi) is 4.47. The van der Waals surface area contributed by atoms with E-state index in [9.17, 15) is 26.3 Å². The minimum Gasteiger partial charge on any atom is -0.428 e. The fourth-order valence-electron chi connectivity index (χ4n) is 2.15. The maximum absolute atomic E-state index is 14.2. The molecule has 0 bridgehead atoms. The molecule has 3 aromatic rings. The Hall–Kier alpha value is -2.48. The molecule has 1 aromatic heterocycles. The molecule has 0 aliphatic carbocycles. The molecule has 0 radical (unpaired) electrons. The van der Waals surface area contributed by atoms with Crippen LogP contribution in [0, 0.1) is 23.3 Å². The van der Waals surface area contributed by atoms with Gasteiger partial charge in [-0.3, -0.25) is 0 Å². The Morgan fingerprint density at radius 2 is 1.52 bits per heavy atom. The summed E-state index contributed by atoms with van der Waals surface area (Å²) in [6.07, 6.45) is -3.66. The van der Waals surface area contributed by atoms with Gasteiger partial charge in [-0.25, -0.2) is 17.6 Å². The molecule has 3 rings (SSSR count). The predicted molar refractivity (Wildman–Crippen MR) is 80.6 cm³/mol. The van der Waals surface area contributed by atoms with Gasteiger partial charge < -0.3 is 4.74 Å². The Morgan fingerprint density at radius 3 is 2.08 bits per heavy atom. The van der Waals surface area contributed by atoms with Crippen LogP contribution in [-0.2, 0) is 6.11 Å². The number of hydrogen-bond donors (Lipinski definition) is 0. The van der Waals surface area contributed by atoms with Gasteiger partial charge in [-0.1, -0.05) is 6.07 Å². The van der Waals surface area contributed by atoms with E-state index in [-0.39, 0.29) is 16.0 Å². The average Bonchev–Trinajstić information content (AvgIpc) is 3.07. The Labute approximate surface area is 142 Å². The molecule has 0 aliphatic rings.